The number of nitrogens with zero attached hydrogens (tertiary/aromatic N) is 1. The average molecular weight is 353 g/mol. The van der Waals surface area contributed by atoms with Gasteiger partial charge in [-0.05, 0) is 25.1 Å². The SMILES string of the molecule is Cc1ccc(N2C(=O)C(O)=C(C(=O)C(C)C)C2c2ccccc2F)cc1. The lowest BCUT2D eigenvalue weighted by atomic mass is 9.91. The zero-order valence-electron chi connectivity index (χ0n) is 14.9. The monoisotopic (exact) mass is 353 g/mol. The van der Waals surface area contributed by atoms with Crippen LogP contribution in [0.3, 0.4) is 0 Å². The molecular formula is C21H20FNO3. The number of amides is 1. The van der Waals surface area contributed by atoms with Crippen molar-refractivity contribution < 1.29 is 19.1 Å². The molecule has 26 heavy (non-hydrogen) atoms. The summed E-state index contributed by atoms with van der Waals surface area (Å²) in [6.07, 6.45) is 0. The van der Waals surface area contributed by atoms with Gasteiger partial charge in [-0.25, -0.2) is 4.39 Å². The summed E-state index contributed by atoms with van der Waals surface area (Å²) in [6, 6.07) is 12.1. The molecule has 4 nitrogen and oxygen atoms in total. The summed E-state index contributed by atoms with van der Waals surface area (Å²) >= 11 is 0. The van der Waals surface area contributed by atoms with Crippen molar-refractivity contribution in [1.82, 2.24) is 0 Å². The highest BCUT2D eigenvalue weighted by Gasteiger charge is 2.45. The molecule has 0 spiro atoms. The fourth-order valence-corrected chi connectivity index (χ4v) is 3.13. The first-order chi connectivity index (χ1) is 12.3. The Morgan fingerprint density at radius 1 is 1.12 bits per heavy atom. The Bertz CT molecular complexity index is 900. The van der Waals surface area contributed by atoms with Gasteiger partial charge in [-0.1, -0.05) is 49.7 Å². The van der Waals surface area contributed by atoms with Crippen LogP contribution < -0.4 is 4.90 Å². The number of aryl methyl sites for hydroxylation is 1. The molecular weight excluding hydrogens is 333 g/mol. The van der Waals surface area contributed by atoms with Crippen LogP contribution >= 0.6 is 0 Å². The zero-order chi connectivity index (χ0) is 19.0. The first-order valence-corrected chi connectivity index (χ1v) is 8.45. The van der Waals surface area contributed by atoms with E-state index in [1.165, 1.54) is 17.0 Å². The third-order valence-corrected chi connectivity index (χ3v) is 4.51. The van der Waals surface area contributed by atoms with Gasteiger partial charge < -0.3 is 5.11 Å². The number of hydrogen-bond acceptors (Lipinski definition) is 3. The smallest absolute Gasteiger partial charge is 0.294 e. The third kappa shape index (κ3) is 2.90. The molecule has 134 valence electrons. The van der Waals surface area contributed by atoms with E-state index in [-0.39, 0.29) is 16.9 Å². The largest absolute Gasteiger partial charge is 0.503 e. The number of ketones is 1. The molecule has 1 heterocycles. The molecule has 0 saturated carbocycles. The van der Waals surface area contributed by atoms with Crippen LogP contribution in [0.4, 0.5) is 10.1 Å². The number of benzene rings is 2. The van der Waals surface area contributed by atoms with Crippen molar-refractivity contribution in [3.63, 3.8) is 0 Å². The fraction of sp³-hybridized carbons (Fsp3) is 0.238. The number of anilines is 1. The van der Waals surface area contributed by atoms with E-state index in [9.17, 15) is 19.1 Å². The Morgan fingerprint density at radius 3 is 2.31 bits per heavy atom. The number of halogens is 1. The van der Waals surface area contributed by atoms with Crippen molar-refractivity contribution >= 4 is 17.4 Å². The maximum absolute atomic E-state index is 14.5. The van der Waals surface area contributed by atoms with Crippen molar-refractivity contribution in [1.29, 1.82) is 0 Å². The number of hydrogen-bond donors (Lipinski definition) is 1. The van der Waals surface area contributed by atoms with Crippen molar-refractivity contribution in [2.75, 3.05) is 4.90 Å². The van der Waals surface area contributed by atoms with Gasteiger partial charge in [-0.3, -0.25) is 14.5 Å². The lowest BCUT2D eigenvalue weighted by Crippen LogP contribution is -2.32. The molecule has 0 bridgehead atoms. The number of Topliss-reactive ketones (excluding diaryl/α,β-unsaturated/α-hetero) is 1. The summed E-state index contributed by atoms with van der Waals surface area (Å²) < 4.78 is 14.5. The standard InChI is InChI=1S/C21H20FNO3/c1-12(2)19(24)17-18(15-6-4-5-7-16(15)22)23(21(26)20(17)25)14-10-8-13(3)9-11-14/h4-12,18,25H,1-3H3. The molecule has 1 N–H and O–H groups in total. The number of carbonyl (C=O) groups is 2. The van der Waals surface area contributed by atoms with Gasteiger partial charge in [-0.15, -0.1) is 0 Å². The average Bonchev–Trinajstić information content (AvgIpc) is 2.87. The summed E-state index contributed by atoms with van der Waals surface area (Å²) in [7, 11) is 0. The Morgan fingerprint density at radius 2 is 1.73 bits per heavy atom. The molecule has 0 saturated heterocycles. The van der Waals surface area contributed by atoms with E-state index in [1.807, 2.05) is 19.1 Å². The number of carbonyl (C=O) groups excluding carboxylic acids is 2. The van der Waals surface area contributed by atoms with E-state index in [0.717, 1.165) is 5.56 Å². The lowest BCUT2D eigenvalue weighted by molar-refractivity contribution is -0.119. The van der Waals surface area contributed by atoms with Gasteiger partial charge in [0.1, 0.15) is 5.82 Å². The van der Waals surface area contributed by atoms with Gasteiger partial charge >= 0.3 is 0 Å². The molecule has 1 aliphatic rings. The maximum atomic E-state index is 14.5. The predicted octanol–water partition coefficient (Wildman–Crippen LogP) is 4.26. The van der Waals surface area contributed by atoms with Crippen LogP contribution in [0.1, 0.15) is 31.0 Å². The van der Waals surface area contributed by atoms with Gasteiger partial charge in [0, 0.05) is 17.2 Å². The number of rotatable bonds is 4. The highest BCUT2D eigenvalue weighted by atomic mass is 19.1. The van der Waals surface area contributed by atoms with E-state index in [2.05, 4.69) is 0 Å². The number of aliphatic hydroxyl groups excluding tert-OH is 1. The van der Waals surface area contributed by atoms with E-state index < -0.39 is 29.4 Å². The van der Waals surface area contributed by atoms with Gasteiger partial charge in [0.15, 0.2) is 11.5 Å². The maximum Gasteiger partial charge on any atom is 0.294 e. The summed E-state index contributed by atoms with van der Waals surface area (Å²) in [5, 5.41) is 10.4. The minimum absolute atomic E-state index is 0.0596. The van der Waals surface area contributed by atoms with Gasteiger partial charge in [0.2, 0.25) is 0 Å². The Balaban J connectivity index is 2.21. The van der Waals surface area contributed by atoms with Crippen molar-refractivity contribution in [3.05, 3.63) is 76.8 Å². The predicted molar refractivity (Wildman–Crippen MR) is 97.3 cm³/mol. The van der Waals surface area contributed by atoms with Crippen molar-refractivity contribution in [2.24, 2.45) is 5.92 Å². The lowest BCUT2D eigenvalue weighted by Gasteiger charge is -2.27. The topological polar surface area (TPSA) is 57.6 Å². The minimum atomic E-state index is -0.999. The zero-order valence-corrected chi connectivity index (χ0v) is 14.9. The molecule has 1 aliphatic heterocycles. The Hall–Kier alpha value is -2.95. The first-order valence-electron chi connectivity index (χ1n) is 8.45. The van der Waals surface area contributed by atoms with Crippen molar-refractivity contribution in [2.45, 2.75) is 26.8 Å². The molecule has 0 aliphatic carbocycles. The Labute approximate surface area is 151 Å². The Kier molecular flexibility index (Phi) is 4.64. The van der Waals surface area contributed by atoms with Crippen LogP contribution in [0.2, 0.25) is 0 Å². The summed E-state index contributed by atoms with van der Waals surface area (Å²) in [4.78, 5) is 26.8. The van der Waals surface area contributed by atoms with Crippen LogP contribution in [0.5, 0.6) is 0 Å². The number of aliphatic hydroxyl groups is 1. The minimum Gasteiger partial charge on any atom is -0.503 e. The van der Waals surface area contributed by atoms with Gasteiger partial charge in [0.05, 0.1) is 11.6 Å². The summed E-state index contributed by atoms with van der Waals surface area (Å²) in [5.74, 6) is -2.67. The second kappa shape index (κ2) is 6.75. The molecule has 0 aromatic heterocycles. The van der Waals surface area contributed by atoms with Crippen LogP contribution in [-0.4, -0.2) is 16.8 Å². The quantitative estimate of drug-likeness (QED) is 0.893. The second-order valence-corrected chi connectivity index (χ2v) is 6.72. The molecule has 2 aromatic carbocycles. The highest BCUT2D eigenvalue weighted by Crippen LogP contribution is 2.42. The second-order valence-electron chi connectivity index (χ2n) is 6.72. The van der Waals surface area contributed by atoms with Crippen LogP contribution in [0.25, 0.3) is 0 Å². The molecule has 0 fully saturated rings. The summed E-state index contributed by atoms with van der Waals surface area (Å²) in [5.41, 5.74) is 1.61. The van der Waals surface area contributed by atoms with E-state index in [0.29, 0.717) is 5.69 Å². The van der Waals surface area contributed by atoms with Gasteiger partial charge in [-0.2, -0.15) is 0 Å². The molecule has 1 atom stereocenters. The molecule has 5 heteroatoms. The van der Waals surface area contributed by atoms with Crippen LogP contribution in [0.15, 0.2) is 59.9 Å². The van der Waals surface area contributed by atoms with Crippen LogP contribution in [-0.2, 0) is 9.59 Å². The summed E-state index contributed by atoms with van der Waals surface area (Å²) in [6.45, 7) is 5.27. The molecule has 1 amide bonds. The normalized spacial score (nSPS) is 17.3. The molecule has 0 radical (unpaired) electrons. The highest BCUT2D eigenvalue weighted by molar-refractivity contribution is 6.16. The van der Waals surface area contributed by atoms with E-state index >= 15 is 0 Å². The molecule has 3 rings (SSSR count). The molecule has 2 aromatic rings. The van der Waals surface area contributed by atoms with E-state index in [1.54, 1.807) is 38.1 Å². The van der Waals surface area contributed by atoms with Crippen molar-refractivity contribution in [3.8, 4) is 0 Å². The van der Waals surface area contributed by atoms with Gasteiger partial charge in [0.25, 0.3) is 5.91 Å². The fourth-order valence-electron chi connectivity index (χ4n) is 3.13. The molecule has 1 unspecified atom stereocenters. The first kappa shape index (κ1) is 17.9. The van der Waals surface area contributed by atoms with Crippen LogP contribution in [0, 0.1) is 18.7 Å². The van der Waals surface area contributed by atoms with E-state index in [4.69, 9.17) is 0 Å². The third-order valence-electron chi connectivity index (χ3n) is 4.51.